The van der Waals surface area contributed by atoms with Gasteiger partial charge in [0.15, 0.2) is 0 Å². The van der Waals surface area contributed by atoms with E-state index in [9.17, 15) is 5.11 Å². The molecule has 108 valence electrons. The molecular formula is C15H22N4O. The molecule has 0 amide bonds. The lowest BCUT2D eigenvalue weighted by Crippen LogP contribution is -2.33. The molecule has 0 spiro atoms. The van der Waals surface area contributed by atoms with Crippen molar-refractivity contribution in [3.63, 3.8) is 0 Å². The van der Waals surface area contributed by atoms with Crippen LogP contribution in [0.3, 0.4) is 0 Å². The van der Waals surface area contributed by atoms with Crippen LogP contribution in [0, 0.1) is 0 Å². The molecule has 1 atom stereocenters. The molecule has 3 N–H and O–H groups in total. The average Bonchev–Trinajstić information content (AvgIpc) is 3.03. The maximum absolute atomic E-state index is 9.56. The maximum Gasteiger partial charge on any atom is 0.135 e. The third kappa shape index (κ3) is 2.27. The minimum atomic E-state index is -0.0343. The zero-order valence-electron chi connectivity index (χ0n) is 11.9. The molecule has 1 unspecified atom stereocenters. The van der Waals surface area contributed by atoms with Crippen LogP contribution in [0.4, 0.5) is 5.69 Å². The Morgan fingerprint density at radius 1 is 1.45 bits per heavy atom. The van der Waals surface area contributed by atoms with Gasteiger partial charge in [-0.05, 0) is 44.1 Å². The fourth-order valence-electron chi connectivity index (χ4n) is 3.25. The smallest absolute Gasteiger partial charge is 0.135 e. The third-order valence-electron chi connectivity index (χ3n) is 4.29. The second-order valence-electron chi connectivity index (χ2n) is 5.47. The lowest BCUT2D eigenvalue weighted by atomic mass is 10.2. The minimum absolute atomic E-state index is 0.0343. The van der Waals surface area contributed by atoms with E-state index in [1.165, 1.54) is 19.4 Å². The summed E-state index contributed by atoms with van der Waals surface area (Å²) in [7, 11) is 0. The molecule has 0 saturated carbocycles. The Hall–Kier alpha value is -1.59. The summed E-state index contributed by atoms with van der Waals surface area (Å²) in [6, 6.07) is 6.31. The molecule has 1 fully saturated rings. The second-order valence-corrected chi connectivity index (χ2v) is 5.47. The summed E-state index contributed by atoms with van der Waals surface area (Å²) in [5, 5.41) is 9.56. The van der Waals surface area contributed by atoms with E-state index in [-0.39, 0.29) is 6.61 Å². The number of fused-ring (bicyclic) bond motifs is 1. The number of rotatable bonds is 4. The van der Waals surface area contributed by atoms with Crippen molar-refractivity contribution in [1.82, 2.24) is 14.5 Å². The molecule has 20 heavy (non-hydrogen) atoms. The van der Waals surface area contributed by atoms with E-state index in [0.29, 0.717) is 11.7 Å². The Labute approximate surface area is 119 Å². The number of aliphatic hydroxyl groups is 1. The lowest BCUT2D eigenvalue weighted by Gasteiger charge is -2.24. The molecule has 2 aromatic rings. The van der Waals surface area contributed by atoms with Gasteiger partial charge in [-0.1, -0.05) is 6.92 Å². The lowest BCUT2D eigenvalue weighted by molar-refractivity contribution is 0.231. The van der Waals surface area contributed by atoms with Crippen LogP contribution in [0.25, 0.3) is 11.0 Å². The summed E-state index contributed by atoms with van der Waals surface area (Å²) in [6.45, 7) is 5.32. The SMILES string of the molecule is CCN1CCCC1Cn1c(CO)nc2cc(N)ccc21. The Kier molecular flexibility index (Phi) is 3.63. The van der Waals surface area contributed by atoms with Crippen molar-refractivity contribution in [1.29, 1.82) is 0 Å². The van der Waals surface area contributed by atoms with Crippen molar-refractivity contribution in [2.24, 2.45) is 0 Å². The first-order valence-corrected chi connectivity index (χ1v) is 7.32. The molecule has 1 aromatic heterocycles. The van der Waals surface area contributed by atoms with Crippen LogP contribution < -0.4 is 5.73 Å². The van der Waals surface area contributed by atoms with Crippen LogP contribution in [0.2, 0.25) is 0 Å². The van der Waals surface area contributed by atoms with Gasteiger partial charge in [0, 0.05) is 18.3 Å². The number of likely N-dealkylation sites (N-methyl/N-ethyl adjacent to an activating group) is 1. The van der Waals surface area contributed by atoms with Gasteiger partial charge in [0.1, 0.15) is 12.4 Å². The number of anilines is 1. The molecular weight excluding hydrogens is 252 g/mol. The summed E-state index contributed by atoms with van der Waals surface area (Å²) in [6.07, 6.45) is 2.47. The first-order chi connectivity index (χ1) is 9.72. The quantitative estimate of drug-likeness (QED) is 0.831. The van der Waals surface area contributed by atoms with Gasteiger partial charge in [0.2, 0.25) is 0 Å². The zero-order chi connectivity index (χ0) is 14.1. The summed E-state index contributed by atoms with van der Waals surface area (Å²) >= 11 is 0. The van der Waals surface area contributed by atoms with Gasteiger partial charge in [-0.25, -0.2) is 4.98 Å². The van der Waals surface area contributed by atoms with E-state index in [0.717, 1.165) is 29.9 Å². The van der Waals surface area contributed by atoms with E-state index < -0.39 is 0 Å². The van der Waals surface area contributed by atoms with Crippen LogP contribution >= 0.6 is 0 Å². The van der Waals surface area contributed by atoms with E-state index in [4.69, 9.17) is 5.73 Å². The largest absolute Gasteiger partial charge is 0.399 e. The molecule has 1 aliphatic heterocycles. The van der Waals surface area contributed by atoms with Gasteiger partial charge < -0.3 is 15.4 Å². The van der Waals surface area contributed by atoms with E-state index in [2.05, 4.69) is 21.4 Å². The van der Waals surface area contributed by atoms with Crippen molar-refractivity contribution in [2.75, 3.05) is 18.8 Å². The molecule has 1 aromatic carbocycles. The molecule has 5 nitrogen and oxygen atoms in total. The van der Waals surface area contributed by atoms with Crippen molar-refractivity contribution >= 4 is 16.7 Å². The molecule has 3 rings (SSSR count). The number of nitrogens with zero attached hydrogens (tertiary/aromatic N) is 3. The zero-order valence-corrected chi connectivity index (χ0v) is 11.9. The van der Waals surface area contributed by atoms with Gasteiger partial charge in [-0.2, -0.15) is 0 Å². The topological polar surface area (TPSA) is 67.3 Å². The Morgan fingerprint density at radius 2 is 2.30 bits per heavy atom. The molecule has 0 radical (unpaired) electrons. The number of aromatic nitrogens is 2. The number of benzene rings is 1. The number of nitrogen functional groups attached to an aromatic ring is 1. The van der Waals surface area contributed by atoms with E-state index >= 15 is 0 Å². The highest BCUT2D eigenvalue weighted by molar-refractivity contribution is 5.79. The molecule has 0 aliphatic carbocycles. The fraction of sp³-hybridized carbons (Fsp3) is 0.533. The standard InChI is InChI=1S/C15H22N4O/c1-2-18-7-3-4-12(18)9-19-14-6-5-11(16)8-13(14)17-15(19)10-20/h5-6,8,12,20H,2-4,7,9-10,16H2,1H3. The van der Waals surface area contributed by atoms with Crippen LogP contribution in [-0.4, -0.2) is 38.7 Å². The van der Waals surface area contributed by atoms with Gasteiger partial charge >= 0.3 is 0 Å². The van der Waals surface area contributed by atoms with Crippen molar-refractivity contribution in [3.8, 4) is 0 Å². The van der Waals surface area contributed by atoms with Gasteiger partial charge in [0.25, 0.3) is 0 Å². The molecule has 1 saturated heterocycles. The highest BCUT2D eigenvalue weighted by Gasteiger charge is 2.24. The van der Waals surface area contributed by atoms with Gasteiger partial charge in [0.05, 0.1) is 11.0 Å². The summed E-state index contributed by atoms with van der Waals surface area (Å²) in [4.78, 5) is 7.00. The number of aliphatic hydroxyl groups excluding tert-OH is 1. The number of imidazole rings is 1. The second kappa shape index (κ2) is 5.42. The molecule has 5 heteroatoms. The highest BCUT2D eigenvalue weighted by Crippen LogP contribution is 2.24. The number of likely N-dealkylation sites (tertiary alicyclic amines) is 1. The maximum atomic E-state index is 9.56. The van der Waals surface area contributed by atoms with Crippen molar-refractivity contribution < 1.29 is 5.11 Å². The van der Waals surface area contributed by atoms with Crippen LogP contribution in [0.15, 0.2) is 18.2 Å². The number of hydrogen-bond donors (Lipinski definition) is 2. The summed E-state index contributed by atoms with van der Waals surface area (Å²) in [5.74, 6) is 0.730. The first kappa shape index (κ1) is 13.4. The highest BCUT2D eigenvalue weighted by atomic mass is 16.3. The first-order valence-electron chi connectivity index (χ1n) is 7.32. The van der Waals surface area contributed by atoms with Crippen molar-refractivity contribution in [3.05, 3.63) is 24.0 Å². The predicted molar refractivity (Wildman–Crippen MR) is 80.3 cm³/mol. The number of nitrogens with two attached hydrogens (primary N) is 1. The Morgan fingerprint density at radius 3 is 3.05 bits per heavy atom. The summed E-state index contributed by atoms with van der Waals surface area (Å²) < 4.78 is 2.15. The Bertz CT molecular complexity index is 607. The minimum Gasteiger partial charge on any atom is -0.399 e. The van der Waals surface area contributed by atoms with Crippen LogP contribution in [0.1, 0.15) is 25.6 Å². The Balaban J connectivity index is 1.97. The van der Waals surface area contributed by atoms with E-state index in [1.54, 1.807) is 0 Å². The van der Waals surface area contributed by atoms with Crippen molar-refractivity contribution in [2.45, 2.75) is 39.0 Å². The molecule has 2 heterocycles. The monoisotopic (exact) mass is 274 g/mol. The molecule has 0 bridgehead atoms. The average molecular weight is 274 g/mol. The van der Waals surface area contributed by atoms with Gasteiger partial charge in [-0.3, -0.25) is 4.90 Å². The predicted octanol–water partition coefficient (Wildman–Crippen LogP) is 1.60. The molecule has 1 aliphatic rings. The van der Waals surface area contributed by atoms with Gasteiger partial charge in [-0.15, -0.1) is 0 Å². The summed E-state index contributed by atoms with van der Waals surface area (Å²) in [5.41, 5.74) is 8.45. The van der Waals surface area contributed by atoms with Crippen LogP contribution in [0.5, 0.6) is 0 Å². The number of hydrogen-bond acceptors (Lipinski definition) is 4. The normalized spacial score (nSPS) is 20.0. The third-order valence-corrected chi connectivity index (χ3v) is 4.29. The van der Waals surface area contributed by atoms with Crippen LogP contribution in [-0.2, 0) is 13.2 Å². The fourth-order valence-corrected chi connectivity index (χ4v) is 3.25. The van der Waals surface area contributed by atoms with E-state index in [1.807, 2.05) is 18.2 Å².